The number of H-pyrrole nitrogens is 1. The average Bonchev–Trinajstić information content (AvgIpc) is 3.38. The van der Waals surface area contributed by atoms with Crippen LogP contribution in [0.5, 0.6) is 0 Å². The van der Waals surface area contributed by atoms with Crippen molar-refractivity contribution in [3.63, 3.8) is 0 Å². The number of amides is 1. The molecule has 0 aliphatic rings. The number of rotatable bonds is 6. The van der Waals surface area contributed by atoms with E-state index >= 15 is 0 Å². The quantitative estimate of drug-likeness (QED) is 0.456. The first-order valence-corrected chi connectivity index (χ1v) is 10.5. The van der Waals surface area contributed by atoms with Crippen LogP contribution >= 0.6 is 11.8 Å². The summed E-state index contributed by atoms with van der Waals surface area (Å²) in [6.07, 6.45) is 3.68. The summed E-state index contributed by atoms with van der Waals surface area (Å²) < 4.78 is 2.02. The largest absolute Gasteiger partial charge is 0.325 e. The highest BCUT2D eigenvalue weighted by Gasteiger charge is 2.12. The van der Waals surface area contributed by atoms with Crippen molar-refractivity contribution in [3.8, 4) is 17.1 Å². The first kappa shape index (κ1) is 19.9. The molecule has 0 spiro atoms. The molecular formula is C22H22N6OS. The molecule has 0 fully saturated rings. The van der Waals surface area contributed by atoms with Gasteiger partial charge in [-0.1, -0.05) is 23.9 Å². The van der Waals surface area contributed by atoms with Gasteiger partial charge in [0.05, 0.1) is 11.4 Å². The Morgan fingerprint density at radius 1 is 1.13 bits per heavy atom. The number of aromatic amines is 1. The van der Waals surface area contributed by atoms with E-state index in [4.69, 9.17) is 0 Å². The number of carbonyl (C=O) groups excluding carboxylic acids is 1. The third-order valence-corrected chi connectivity index (χ3v) is 5.77. The number of aryl methyl sites for hydroxylation is 2. The Labute approximate surface area is 179 Å². The molecule has 2 N–H and O–H groups in total. The third-order valence-electron chi connectivity index (χ3n) is 4.80. The summed E-state index contributed by atoms with van der Waals surface area (Å²) in [5, 5.41) is 10.7. The fraction of sp³-hybridized carbons (Fsp3) is 0.182. The molecule has 0 aliphatic carbocycles. The number of aromatic nitrogens is 5. The Morgan fingerprint density at radius 2 is 1.93 bits per heavy atom. The van der Waals surface area contributed by atoms with E-state index in [9.17, 15) is 4.79 Å². The molecular weight excluding hydrogens is 396 g/mol. The van der Waals surface area contributed by atoms with E-state index < -0.39 is 0 Å². The highest BCUT2D eigenvalue weighted by Crippen LogP contribution is 2.24. The van der Waals surface area contributed by atoms with E-state index in [-0.39, 0.29) is 11.7 Å². The Bertz CT molecular complexity index is 1180. The van der Waals surface area contributed by atoms with Gasteiger partial charge in [0.15, 0.2) is 11.0 Å². The van der Waals surface area contributed by atoms with Crippen LogP contribution < -0.4 is 5.32 Å². The summed E-state index contributed by atoms with van der Waals surface area (Å²) in [4.78, 5) is 21.2. The first-order valence-electron chi connectivity index (χ1n) is 9.53. The lowest BCUT2D eigenvalue weighted by Crippen LogP contribution is -2.14. The zero-order valence-corrected chi connectivity index (χ0v) is 17.8. The molecule has 8 heteroatoms. The van der Waals surface area contributed by atoms with Gasteiger partial charge in [-0.2, -0.15) is 5.10 Å². The van der Waals surface area contributed by atoms with Gasteiger partial charge in [-0.25, -0.2) is 9.97 Å². The predicted octanol–water partition coefficient (Wildman–Crippen LogP) is 4.31. The second-order valence-corrected chi connectivity index (χ2v) is 7.90. The predicted molar refractivity (Wildman–Crippen MR) is 119 cm³/mol. The maximum atomic E-state index is 12.4. The Balaban J connectivity index is 1.39. The molecule has 152 valence electrons. The molecule has 30 heavy (non-hydrogen) atoms. The minimum absolute atomic E-state index is 0.0861. The molecule has 4 aromatic rings. The van der Waals surface area contributed by atoms with Crippen LogP contribution in [0.4, 0.5) is 5.69 Å². The van der Waals surface area contributed by atoms with Crippen LogP contribution in [0.2, 0.25) is 0 Å². The molecule has 0 bridgehead atoms. The fourth-order valence-corrected chi connectivity index (χ4v) is 3.84. The summed E-state index contributed by atoms with van der Waals surface area (Å²) in [5.74, 6) is 1.58. The molecule has 2 aromatic heterocycles. The van der Waals surface area contributed by atoms with Crippen LogP contribution in [0.3, 0.4) is 0 Å². The van der Waals surface area contributed by atoms with Crippen LogP contribution in [0.25, 0.3) is 17.1 Å². The van der Waals surface area contributed by atoms with E-state index in [1.54, 1.807) is 6.20 Å². The Hall–Kier alpha value is -3.39. The summed E-state index contributed by atoms with van der Waals surface area (Å²) >= 11 is 1.41. The lowest BCUT2D eigenvalue weighted by molar-refractivity contribution is -0.113. The van der Waals surface area contributed by atoms with Gasteiger partial charge in [-0.05, 0) is 62.2 Å². The molecule has 0 saturated heterocycles. The molecule has 0 atom stereocenters. The van der Waals surface area contributed by atoms with Crippen molar-refractivity contribution < 1.29 is 4.79 Å². The minimum atomic E-state index is -0.0861. The zero-order valence-electron chi connectivity index (χ0n) is 17.0. The molecule has 0 saturated carbocycles. The topological polar surface area (TPSA) is 88.5 Å². The summed E-state index contributed by atoms with van der Waals surface area (Å²) in [6, 6.07) is 13.6. The molecule has 2 aromatic carbocycles. The molecule has 0 radical (unpaired) electrons. The summed E-state index contributed by atoms with van der Waals surface area (Å²) in [5.41, 5.74) is 5.12. The molecule has 2 heterocycles. The van der Waals surface area contributed by atoms with Crippen molar-refractivity contribution in [2.45, 2.75) is 25.9 Å². The highest BCUT2D eigenvalue weighted by atomic mass is 32.2. The number of anilines is 1. The SMILES string of the molecule is Cc1nc(-c2ccc(NC(=O)CSc3nccn3-c3cccc(C)c3C)cc2)n[nH]1. The molecule has 1 amide bonds. The lowest BCUT2D eigenvalue weighted by Gasteiger charge is -2.12. The second kappa shape index (κ2) is 8.54. The Kier molecular flexibility index (Phi) is 5.67. The van der Waals surface area contributed by atoms with Crippen LogP contribution in [0.1, 0.15) is 17.0 Å². The number of hydrogen-bond donors (Lipinski definition) is 2. The standard InChI is InChI=1S/C22H22N6OS/c1-14-5-4-6-19(15(14)2)28-12-11-23-22(28)30-13-20(29)25-18-9-7-17(8-10-18)21-24-16(3)26-27-21/h4-12H,13H2,1-3H3,(H,25,29)(H,24,26,27). The number of thioether (sulfide) groups is 1. The highest BCUT2D eigenvalue weighted by molar-refractivity contribution is 7.99. The molecule has 4 rings (SSSR count). The molecule has 0 unspecified atom stereocenters. The normalized spacial score (nSPS) is 10.9. The van der Waals surface area contributed by atoms with Gasteiger partial charge in [-0.15, -0.1) is 0 Å². The van der Waals surface area contributed by atoms with E-state index in [0.717, 1.165) is 27.9 Å². The summed E-state index contributed by atoms with van der Waals surface area (Å²) in [7, 11) is 0. The van der Waals surface area contributed by atoms with Crippen molar-refractivity contribution in [2.24, 2.45) is 0 Å². The van der Waals surface area contributed by atoms with Gasteiger partial charge >= 0.3 is 0 Å². The van der Waals surface area contributed by atoms with Crippen molar-refractivity contribution >= 4 is 23.4 Å². The average molecular weight is 419 g/mol. The van der Waals surface area contributed by atoms with E-state index in [1.807, 2.05) is 48.0 Å². The number of nitrogens with zero attached hydrogens (tertiary/aromatic N) is 4. The van der Waals surface area contributed by atoms with Gasteiger partial charge in [0.25, 0.3) is 0 Å². The lowest BCUT2D eigenvalue weighted by atomic mass is 10.1. The third kappa shape index (κ3) is 4.28. The summed E-state index contributed by atoms with van der Waals surface area (Å²) in [6.45, 7) is 6.04. The maximum Gasteiger partial charge on any atom is 0.234 e. The molecule has 7 nitrogen and oxygen atoms in total. The van der Waals surface area contributed by atoms with Crippen LogP contribution in [-0.2, 0) is 4.79 Å². The van der Waals surface area contributed by atoms with Gasteiger partial charge in [0.1, 0.15) is 5.82 Å². The van der Waals surface area contributed by atoms with E-state index in [2.05, 4.69) is 51.5 Å². The van der Waals surface area contributed by atoms with E-state index in [1.165, 1.54) is 22.9 Å². The second-order valence-electron chi connectivity index (χ2n) is 6.96. The van der Waals surface area contributed by atoms with Gasteiger partial charge in [0, 0.05) is 23.6 Å². The van der Waals surface area contributed by atoms with Crippen molar-refractivity contribution in [1.29, 1.82) is 0 Å². The number of imidazole rings is 1. The van der Waals surface area contributed by atoms with Gasteiger partial charge in [-0.3, -0.25) is 14.5 Å². The fourth-order valence-electron chi connectivity index (χ4n) is 3.08. The van der Waals surface area contributed by atoms with Crippen LogP contribution in [0, 0.1) is 20.8 Å². The number of carbonyl (C=O) groups is 1. The van der Waals surface area contributed by atoms with Gasteiger partial charge in [0.2, 0.25) is 5.91 Å². The molecule has 0 aliphatic heterocycles. The number of hydrogen-bond acceptors (Lipinski definition) is 5. The number of benzene rings is 2. The maximum absolute atomic E-state index is 12.4. The minimum Gasteiger partial charge on any atom is -0.325 e. The van der Waals surface area contributed by atoms with Crippen LogP contribution in [-0.4, -0.2) is 36.4 Å². The Morgan fingerprint density at radius 3 is 2.67 bits per heavy atom. The number of nitrogens with one attached hydrogen (secondary N) is 2. The zero-order chi connectivity index (χ0) is 21.1. The van der Waals surface area contributed by atoms with E-state index in [0.29, 0.717) is 5.82 Å². The van der Waals surface area contributed by atoms with Crippen molar-refractivity contribution in [1.82, 2.24) is 24.7 Å². The van der Waals surface area contributed by atoms with Crippen molar-refractivity contribution in [2.75, 3.05) is 11.1 Å². The first-order chi connectivity index (χ1) is 14.5. The van der Waals surface area contributed by atoms with Gasteiger partial charge < -0.3 is 5.32 Å². The smallest absolute Gasteiger partial charge is 0.234 e. The monoisotopic (exact) mass is 418 g/mol. The van der Waals surface area contributed by atoms with Crippen LogP contribution in [0.15, 0.2) is 60.0 Å². The van der Waals surface area contributed by atoms with Crippen molar-refractivity contribution in [3.05, 3.63) is 71.8 Å².